The van der Waals surface area contributed by atoms with Crippen LogP contribution in [0.3, 0.4) is 0 Å². The monoisotopic (exact) mass is 331 g/mol. The Hall–Kier alpha value is -1.72. The lowest BCUT2D eigenvalue weighted by molar-refractivity contribution is 0.283. The number of fused-ring (bicyclic) bond motifs is 1. The first-order chi connectivity index (χ1) is 9.63. The third kappa shape index (κ3) is 1.94. The molecule has 0 amide bonds. The third-order valence-corrected chi connectivity index (χ3v) is 4.58. The summed E-state index contributed by atoms with van der Waals surface area (Å²) in [4.78, 5) is 4.48. The van der Waals surface area contributed by atoms with E-state index in [0.717, 1.165) is 38.0 Å². The number of aromatic nitrogens is 3. The summed E-state index contributed by atoms with van der Waals surface area (Å²) in [6.45, 7) is 3.94. The zero-order valence-corrected chi connectivity index (χ0v) is 12.8. The van der Waals surface area contributed by atoms with Crippen LogP contribution in [0.1, 0.15) is 17.0 Å². The van der Waals surface area contributed by atoms with E-state index < -0.39 is 0 Å². The van der Waals surface area contributed by atoms with E-state index in [2.05, 4.69) is 26.0 Å². The molecule has 0 bridgehead atoms. The Bertz CT molecular complexity index is 795. The zero-order chi connectivity index (χ0) is 14.3. The van der Waals surface area contributed by atoms with Crippen LogP contribution in [0.4, 0.5) is 0 Å². The van der Waals surface area contributed by atoms with E-state index in [9.17, 15) is 5.11 Å². The maximum absolute atomic E-state index is 9.43. The maximum atomic E-state index is 9.43. The van der Waals surface area contributed by atoms with Crippen molar-refractivity contribution in [1.29, 1.82) is 0 Å². The minimum atomic E-state index is -0.0192. The van der Waals surface area contributed by atoms with Gasteiger partial charge in [-0.05, 0) is 35.2 Å². The lowest BCUT2D eigenvalue weighted by atomic mass is 10.1. The first-order valence-electron chi connectivity index (χ1n) is 6.33. The fourth-order valence-electron chi connectivity index (χ4n) is 2.36. The Morgan fingerprint density at radius 1 is 1.20 bits per heavy atom. The molecular formula is C15H14BrN3O. The van der Waals surface area contributed by atoms with E-state index in [4.69, 9.17) is 0 Å². The Labute approximate surface area is 125 Å². The first kappa shape index (κ1) is 13.3. The van der Waals surface area contributed by atoms with Crippen LogP contribution in [-0.4, -0.2) is 19.9 Å². The van der Waals surface area contributed by atoms with Crippen molar-refractivity contribution in [3.63, 3.8) is 0 Å². The van der Waals surface area contributed by atoms with Gasteiger partial charge < -0.3 is 5.11 Å². The minimum Gasteiger partial charge on any atom is -0.392 e. The second-order valence-electron chi connectivity index (χ2n) is 4.71. The molecule has 0 atom stereocenters. The van der Waals surface area contributed by atoms with E-state index >= 15 is 0 Å². The molecule has 0 unspecified atom stereocenters. The molecule has 3 rings (SSSR count). The molecule has 0 fully saturated rings. The minimum absolute atomic E-state index is 0.0192. The fraction of sp³-hybridized carbons (Fsp3) is 0.200. The van der Waals surface area contributed by atoms with Crippen molar-refractivity contribution in [2.75, 3.05) is 0 Å². The molecule has 0 aliphatic rings. The topological polar surface area (TPSA) is 50.9 Å². The van der Waals surface area contributed by atoms with Gasteiger partial charge in [0.25, 0.3) is 0 Å². The van der Waals surface area contributed by atoms with Crippen LogP contribution >= 0.6 is 15.9 Å². The normalized spacial score (nSPS) is 11.2. The molecule has 0 radical (unpaired) electrons. The lowest BCUT2D eigenvalue weighted by Crippen LogP contribution is -2.04. The molecule has 5 heteroatoms. The largest absolute Gasteiger partial charge is 0.392 e. The molecule has 0 aliphatic heterocycles. The highest BCUT2D eigenvalue weighted by Crippen LogP contribution is 2.27. The highest BCUT2D eigenvalue weighted by molar-refractivity contribution is 9.10. The number of nitrogens with zero attached hydrogens (tertiary/aromatic N) is 3. The number of hydrogen-bond donors (Lipinski definition) is 1. The van der Waals surface area contributed by atoms with Crippen molar-refractivity contribution in [3.8, 4) is 5.82 Å². The highest BCUT2D eigenvalue weighted by atomic mass is 79.9. The summed E-state index contributed by atoms with van der Waals surface area (Å²) >= 11 is 3.54. The Balaban J connectivity index is 2.35. The number of aliphatic hydroxyl groups excluding tert-OH is 1. The van der Waals surface area contributed by atoms with Crippen LogP contribution in [0.25, 0.3) is 16.6 Å². The van der Waals surface area contributed by atoms with Crippen LogP contribution in [0, 0.1) is 13.8 Å². The van der Waals surface area contributed by atoms with Gasteiger partial charge in [0.15, 0.2) is 5.82 Å². The van der Waals surface area contributed by atoms with Crippen LogP contribution in [-0.2, 0) is 6.61 Å². The molecule has 102 valence electrons. The Kier molecular flexibility index (Phi) is 3.31. The van der Waals surface area contributed by atoms with E-state index in [1.807, 2.05) is 42.8 Å². The third-order valence-electron chi connectivity index (χ3n) is 3.43. The number of rotatable bonds is 2. The average Bonchev–Trinajstić information content (AvgIpc) is 2.73. The smallest absolute Gasteiger partial charge is 0.161 e. The van der Waals surface area contributed by atoms with Crippen molar-refractivity contribution in [1.82, 2.24) is 14.8 Å². The van der Waals surface area contributed by atoms with Gasteiger partial charge >= 0.3 is 0 Å². The van der Waals surface area contributed by atoms with Crippen molar-refractivity contribution in [2.45, 2.75) is 20.5 Å². The van der Waals surface area contributed by atoms with Crippen molar-refractivity contribution in [3.05, 3.63) is 51.9 Å². The van der Waals surface area contributed by atoms with Gasteiger partial charge in [0, 0.05) is 17.1 Å². The molecule has 0 spiro atoms. The van der Waals surface area contributed by atoms with Crippen molar-refractivity contribution < 1.29 is 5.11 Å². The van der Waals surface area contributed by atoms with Gasteiger partial charge in [0.2, 0.25) is 0 Å². The van der Waals surface area contributed by atoms with Crippen LogP contribution in [0.15, 0.2) is 34.9 Å². The molecule has 0 saturated carbocycles. The van der Waals surface area contributed by atoms with Gasteiger partial charge in [-0.15, -0.1) is 0 Å². The molecule has 2 heterocycles. The molecule has 20 heavy (non-hydrogen) atoms. The molecule has 2 aromatic heterocycles. The summed E-state index contributed by atoms with van der Waals surface area (Å²) in [6.07, 6.45) is 1.71. The molecule has 3 aromatic rings. The van der Waals surface area contributed by atoms with Gasteiger partial charge in [0.05, 0.1) is 22.5 Å². The van der Waals surface area contributed by atoms with E-state index in [1.54, 1.807) is 6.20 Å². The van der Waals surface area contributed by atoms with Gasteiger partial charge in [-0.25, -0.2) is 9.67 Å². The first-order valence-corrected chi connectivity index (χ1v) is 7.12. The summed E-state index contributed by atoms with van der Waals surface area (Å²) in [6, 6.07) is 7.92. The lowest BCUT2D eigenvalue weighted by Gasteiger charge is -2.10. The van der Waals surface area contributed by atoms with E-state index in [-0.39, 0.29) is 6.61 Å². The fourth-order valence-corrected chi connectivity index (χ4v) is 2.61. The standard InChI is InChI=1S/C15H14BrN3O/c1-9-14(16)10(2)19(18-9)15-13-6-4-3-5-12(13)11(8-20)7-17-15/h3-7,20H,8H2,1-2H3. The average molecular weight is 332 g/mol. The molecular weight excluding hydrogens is 318 g/mol. The van der Waals surface area contributed by atoms with Gasteiger partial charge in [0.1, 0.15) is 0 Å². The number of benzene rings is 1. The summed E-state index contributed by atoms with van der Waals surface area (Å²) in [5.41, 5.74) is 2.77. The summed E-state index contributed by atoms with van der Waals surface area (Å²) < 4.78 is 2.83. The Morgan fingerprint density at radius 3 is 2.50 bits per heavy atom. The maximum Gasteiger partial charge on any atom is 0.161 e. The predicted octanol–water partition coefficient (Wildman–Crippen LogP) is 3.29. The number of aryl methyl sites for hydroxylation is 1. The van der Waals surface area contributed by atoms with E-state index in [0.29, 0.717) is 0 Å². The Morgan fingerprint density at radius 2 is 1.90 bits per heavy atom. The molecule has 0 aliphatic carbocycles. The highest BCUT2D eigenvalue weighted by Gasteiger charge is 2.14. The molecule has 1 N–H and O–H groups in total. The summed E-state index contributed by atoms with van der Waals surface area (Å²) in [5, 5.41) is 15.9. The van der Waals surface area contributed by atoms with Gasteiger partial charge in [-0.2, -0.15) is 5.10 Å². The van der Waals surface area contributed by atoms with Crippen LogP contribution < -0.4 is 0 Å². The van der Waals surface area contributed by atoms with Crippen molar-refractivity contribution in [2.24, 2.45) is 0 Å². The quantitative estimate of drug-likeness (QED) is 0.783. The number of aliphatic hydroxyl groups is 1. The number of pyridine rings is 1. The molecule has 0 saturated heterocycles. The number of halogens is 1. The summed E-state index contributed by atoms with van der Waals surface area (Å²) in [7, 11) is 0. The van der Waals surface area contributed by atoms with Gasteiger partial charge in [-0.1, -0.05) is 24.3 Å². The number of hydrogen-bond acceptors (Lipinski definition) is 3. The second kappa shape index (κ2) is 5.00. The second-order valence-corrected chi connectivity index (χ2v) is 5.50. The molecule has 1 aromatic carbocycles. The van der Waals surface area contributed by atoms with E-state index in [1.165, 1.54) is 0 Å². The SMILES string of the molecule is Cc1nn(-c2ncc(CO)c3ccccc23)c(C)c1Br. The predicted molar refractivity (Wildman–Crippen MR) is 82.0 cm³/mol. The van der Waals surface area contributed by atoms with Gasteiger partial charge in [-0.3, -0.25) is 0 Å². The van der Waals surface area contributed by atoms with Crippen molar-refractivity contribution >= 4 is 26.7 Å². The zero-order valence-electron chi connectivity index (χ0n) is 11.3. The van der Waals surface area contributed by atoms with Crippen LogP contribution in [0.2, 0.25) is 0 Å². The summed E-state index contributed by atoms with van der Waals surface area (Å²) in [5.74, 6) is 0.782. The van der Waals surface area contributed by atoms with Crippen LogP contribution in [0.5, 0.6) is 0 Å². The molecule has 4 nitrogen and oxygen atoms in total.